The summed E-state index contributed by atoms with van der Waals surface area (Å²) < 4.78 is 0. The van der Waals surface area contributed by atoms with Crippen LogP contribution in [0.4, 0.5) is 0 Å². The lowest BCUT2D eigenvalue weighted by Gasteiger charge is -1.99. The summed E-state index contributed by atoms with van der Waals surface area (Å²) in [5.74, 6) is 0. The number of rotatable bonds is 0. The van der Waals surface area contributed by atoms with E-state index in [1.807, 2.05) is 0 Å². The van der Waals surface area contributed by atoms with Crippen LogP contribution in [-0.4, -0.2) is 0 Å². The first kappa shape index (κ1) is 7.39. The van der Waals surface area contributed by atoms with Gasteiger partial charge in [-0.25, -0.2) is 0 Å². The van der Waals surface area contributed by atoms with Gasteiger partial charge in [0.1, 0.15) is 0 Å². The smallest absolute Gasteiger partial charge is 0.0233 e. The fourth-order valence-corrected chi connectivity index (χ4v) is 1.51. The minimum absolute atomic E-state index is 1.05. The molecular weight excluding hydrogens is 144 g/mol. The second-order valence-corrected chi connectivity index (χ2v) is 3.40. The molecule has 0 N–H and O–H groups in total. The molecule has 0 saturated heterocycles. The van der Waals surface area contributed by atoms with E-state index in [0.29, 0.717) is 0 Å². The Morgan fingerprint density at radius 3 is 2.92 bits per heavy atom. The molecule has 0 aliphatic heterocycles. The average Bonchev–Trinajstić information content (AvgIpc) is 2.05. The molecule has 0 heteroatoms. The third kappa shape index (κ3) is 1.22. The van der Waals surface area contributed by atoms with Gasteiger partial charge in [0.2, 0.25) is 0 Å². The summed E-state index contributed by atoms with van der Waals surface area (Å²) in [6.45, 7) is 4.25. The molecule has 0 saturated carbocycles. The van der Waals surface area contributed by atoms with Gasteiger partial charge < -0.3 is 0 Å². The van der Waals surface area contributed by atoms with E-state index in [1.165, 1.54) is 21.6 Å². The standard InChI is InChI=1S/C12H12/c1-9-3-5-12-8-10(2)4-6-11(12)7-9/h3,5-7H,4H2,1-2H3. The lowest BCUT2D eigenvalue weighted by Crippen LogP contribution is -2.25. The molecular formula is C12H12. The number of fused-ring (bicyclic) bond motifs is 1. The molecule has 0 radical (unpaired) electrons. The molecule has 0 atom stereocenters. The molecule has 12 heavy (non-hydrogen) atoms. The second kappa shape index (κ2) is 2.66. The summed E-state index contributed by atoms with van der Waals surface area (Å²) in [5, 5.41) is 2.57. The van der Waals surface area contributed by atoms with Crippen molar-refractivity contribution in [1.82, 2.24) is 0 Å². The van der Waals surface area contributed by atoms with Crippen LogP contribution in [0, 0.1) is 6.92 Å². The lowest BCUT2D eigenvalue weighted by atomic mass is 10.1. The molecule has 0 fully saturated rings. The summed E-state index contributed by atoms with van der Waals surface area (Å²) in [6.07, 6.45) is 3.32. The summed E-state index contributed by atoms with van der Waals surface area (Å²) in [6, 6.07) is 6.50. The quantitative estimate of drug-likeness (QED) is 0.534. The number of hydrogen-bond acceptors (Lipinski definition) is 0. The van der Waals surface area contributed by atoms with Gasteiger partial charge in [-0.05, 0) is 37.1 Å². The van der Waals surface area contributed by atoms with E-state index >= 15 is 0 Å². The van der Waals surface area contributed by atoms with Crippen molar-refractivity contribution in [2.24, 2.45) is 0 Å². The van der Waals surface area contributed by atoms with Gasteiger partial charge in [0.25, 0.3) is 0 Å². The van der Waals surface area contributed by atoms with Crippen LogP contribution in [0.25, 0.3) is 11.8 Å². The number of hydrogen-bond donors (Lipinski definition) is 0. The Morgan fingerprint density at radius 2 is 2.08 bits per heavy atom. The highest BCUT2D eigenvalue weighted by atomic mass is 14.0. The second-order valence-electron chi connectivity index (χ2n) is 3.40. The molecule has 0 nitrogen and oxygen atoms in total. The largest absolute Gasteiger partial charge is 0.113 e. The maximum atomic E-state index is 3.37. The summed E-state index contributed by atoms with van der Waals surface area (Å²) in [7, 11) is 0. The third-order valence-corrected chi connectivity index (χ3v) is 2.18. The van der Waals surface area contributed by atoms with Crippen molar-refractivity contribution < 1.29 is 0 Å². The fourth-order valence-electron chi connectivity index (χ4n) is 1.51. The highest BCUT2D eigenvalue weighted by Gasteiger charge is 1.93. The summed E-state index contributed by atoms with van der Waals surface area (Å²) in [4.78, 5) is 0. The molecule has 60 valence electrons. The van der Waals surface area contributed by atoms with Crippen LogP contribution < -0.4 is 10.4 Å². The Kier molecular flexibility index (Phi) is 1.64. The van der Waals surface area contributed by atoms with E-state index in [0.717, 1.165) is 6.42 Å². The lowest BCUT2D eigenvalue weighted by molar-refractivity contribution is 1.25. The van der Waals surface area contributed by atoms with E-state index in [9.17, 15) is 0 Å². The molecule has 1 aliphatic carbocycles. The predicted octanol–water partition coefficient (Wildman–Crippen LogP) is 1.50. The van der Waals surface area contributed by atoms with Gasteiger partial charge in [0.05, 0.1) is 0 Å². The van der Waals surface area contributed by atoms with Crippen LogP contribution >= 0.6 is 0 Å². The van der Waals surface area contributed by atoms with Gasteiger partial charge >= 0.3 is 0 Å². The van der Waals surface area contributed by atoms with Crippen molar-refractivity contribution >= 4 is 11.8 Å². The Morgan fingerprint density at radius 1 is 1.25 bits per heavy atom. The van der Waals surface area contributed by atoms with Crippen molar-refractivity contribution in [3.05, 3.63) is 39.8 Å². The average molecular weight is 156 g/mol. The van der Waals surface area contributed by atoms with Gasteiger partial charge in [-0.15, -0.1) is 5.73 Å². The van der Waals surface area contributed by atoms with Gasteiger partial charge in [-0.3, -0.25) is 0 Å². The maximum absolute atomic E-state index is 3.37. The zero-order valence-corrected chi connectivity index (χ0v) is 7.52. The topological polar surface area (TPSA) is 0 Å². The Labute approximate surface area is 72.5 Å². The van der Waals surface area contributed by atoms with E-state index in [4.69, 9.17) is 0 Å². The molecule has 1 aliphatic rings. The zero-order chi connectivity index (χ0) is 8.55. The first-order valence-corrected chi connectivity index (χ1v) is 4.29. The predicted molar refractivity (Wildman–Crippen MR) is 52.1 cm³/mol. The van der Waals surface area contributed by atoms with Crippen LogP contribution in [0.1, 0.15) is 18.9 Å². The Hall–Kier alpha value is -1.26. The van der Waals surface area contributed by atoms with Gasteiger partial charge in [0, 0.05) is 5.22 Å². The van der Waals surface area contributed by atoms with Crippen molar-refractivity contribution in [3.63, 3.8) is 0 Å². The molecule has 1 aromatic carbocycles. The molecule has 0 bridgehead atoms. The van der Waals surface area contributed by atoms with E-state index in [-0.39, 0.29) is 0 Å². The molecule has 0 amide bonds. The van der Waals surface area contributed by atoms with Crippen molar-refractivity contribution in [2.75, 3.05) is 0 Å². The monoisotopic (exact) mass is 156 g/mol. The third-order valence-electron chi connectivity index (χ3n) is 2.18. The Bertz CT molecular complexity index is 457. The van der Waals surface area contributed by atoms with Gasteiger partial charge in [-0.1, -0.05) is 23.8 Å². The number of benzene rings is 1. The van der Waals surface area contributed by atoms with Crippen molar-refractivity contribution in [1.29, 1.82) is 0 Å². The normalized spacial score (nSPS) is 14.0. The molecule has 1 aromatic rings. The number of aryl methyl sites for hydroxylation is 1. The summed E-state index contributed by atoms with van der Waals surface area (Å²) in [5.41, 5.74) is 6.02. The van der Waals surface area contributed by atoms with Crippen LogP contribution in [-0.2, 0) is 0 Å². The zero-order valence-electron chi connectivity index (χ0n) is 7.52. The summed E-state index contributed by atoms with van der Waals surface area (Å²) >= 11 is 0. The van der Waals surface area contributed by atoms with E-state index < -0.39 is 0 Å². The molecule has 0 unspecified atom stereocenters. The van der Waals surface area contributed by atoms with Crippen LogP contribution in [0.15, 0.2) is 23.8 Å². The van der Waals surface area contributed by atoms with Crippen LogP contribution in [0.5, 0.6) is 0 Å². The molecule has 0 spiro atoms. The van der Waals surface area contributed by atoms with Crippen molar-refractivity contribution in [3.8, 4) is 0 Å². The van der Waals surface area contributed by atoms with Gasteiger partial charge in [-0.2, -0.15) is 0 Å². The SMILES string of the molecule is CC1=C=c2ccc(C)cc2=CC1. The highest BCUT2D eigenvalue weighted by molar-refractivity contribution is 5.43. The molecule has 0 aromatic heterocycles. The van der Waals surface area contributed by atoms with E-state index in [2.05, 4.69) is 43.9 Å². The minimum atomic E-state index is 1.05. The van der Waals surface area contributed by atoms with Gasteiger partial charge in [0.15, 0.2) is 0 Å². The minimum Gasteiger partial charge on any atom is -0.113 e. The van der Waals surface area contributed by atoms with Crippen LogP contribution in [0.2, 0.25) is 0 Å². The van der Waals surface area contributed by atoms with Crippen molar-refractivity contribution in [2.45, 2.75) is 20.3 Å². The Balaban J connectivity index is 2.90. The fraction of sp³-hybridized carbons (Fsp3) is 0.250. The first-order chi connectivity index (χ1) is 5.75. The number of allylic oxidation sites excluding steroid dienone is 1. The van der Waals surface area contributed by atoms with Crippen LogP contribution in [0.3, 0.4) is 0 Å². The molecule has 0 heterocycles. The first-order valence-electron chi connectivity index (χ1n) is 4.29. The maximum Gasteiger partial charge on any atom is 0.0233 e. The highest BCUT2D eigenvalue weighted by Crippen LogP contribution is 1.99. The molecule has 2 rings (SSSR count). The van der Waals surface area contributed by atoms with E-state index in [1.54, 1.807) is 0 Å².